The van der Waals surface area contributed by atoms with Crippen molar-refractivity contribution in [3.8, 4) is 0 Å². The molecule has 0 unspecified atom stereocenters. The average molecular weight is 103 g/mol. The predicted octanol–water partition coefficient (Wildman–Crippen LogP) is -0.571. The minimum atomic E-state index is 0.603. The second-order valence-corrected chi connectivity index (χ2v) is 0.829. The highest BCUT2D eigenvalue weighted by atomic mass is 16.6. The maximum Gasteiger partial charge on any atom is 0.132 e. The van der Waals surface area contributed by atoms with Crippen LogP contribution >= 0.6 is 0 Å². The van der Waals surface area contributed by atoms with Crippen molar-refractivity contribution in [3.63, 3.8) is 0 Å². The van der Waals surface area contributed by atoms with Crippen molar-refractivity contribution in [3.05, 3.63) is 0 Å². The normalized spacial score (nSPS) is 9.86. The fourth-order valence-electron chi connectivity index (χ4n) is 0.151. The number of hydrogen-bond acceptors (Lipinski definition) is 3. The average Bonchev–Trinajstić information content (AvgIpc) is 1.69. The minimum Gasteiger partial charge on any atom is -0.322 e. The van der Waals surface area contributed by atoms with Crippen LogP contribution in [0.5, 0.6) is 0 Å². The zero-order valence-electron chi connectivity index (χ0n) is 4.22. The van der Waals surface area contributed by atoms with Gasteiger partial charge in [-0.2, -0.15) is 5.10 Å². The molecule has 0 rings (SSSR count). The largest absolute Gasteiger partial charge is 0.322 e. The maximum atomic E-state index is 4.70. The molecule has 4 nitrogen and oxygen atoms in total. The van der Waals surface area contributed by atoms with Crippen molar-refractivity contribution in [1.82, 2.24) is 5.48 Å². The van der Waals surface area contributed by atoms with Crippen molar-refractivity contribution in [2.45, 2.75) is 6.92 Å². The fourth-order valence-corrected chi connectivity index (χ4v) is 0.151. The van der Waals surface area contributed by atoms with Crippen LogP contribution in [0.1, 0.15) is 6.92 Å². The molecule has 0 aliphatic rings. The van der Waals surface area contributed by atoms with Gasteiger partial charge in [-0.25, -0.2) is 0 Å². The molecule has 42 valence electrons. The molecule has 0 aliphatic heterocycles. The Morgan fingerprint density at radius 1 is 2.00 bits per heavy atom. The van der Waals surface area contributed by atoms with E-state index in [0.29, 0.717) is 6.61 Å². The van der Waals surface area contributed by atoms with E-state index >= 15 is 0 Å². The highest BCUT2D eigenvalue weighted by molar-refractivity contribution is 5.51. The summed E-state index contributed by atoms with van der Waals surface area (Å²) in [5.74, 6) is 4.70. The van der Waals surface area contributed by atoms with E-state index in [2.05, 4.69) is 15.4 Å². The van der Waals surface area contributed by atoms with E-state index in [1.807, 2.05) is 6.92 Å². The van der Waals surface area contributed by atoms with E-state index in [9.17, 15) is 0 Å². The molecule has 0 spiro atoms. The second kappa shape index (κ2) is 5.23. The van der Waals surface area contributed by atoms with Crippen LogP contribution in [0.4, 0.5) is 0 Å². The molecular weight excluding hydrogens is 94.1 g/mol. The van der Waals surface area contributed by atoms with Crippen LogP contribution in [0.15, 0.2) is 5.10 Å². The first kappa shape index (κ1) is 6.23. The number of nitrogens with zero attached hydrogens (tertiary/aromatic N) is 1. The third-order valence-corrected chi connectivity index (χ3v) is 0.355. The standard InChI is InChI=1S/C3H9N3O/c1-2-7-6-3-5-4/h3H,2,4H2,1H3,(H,5,6). The Labute approximate surface area is 42.3 Å². The van der Waals surface area contributed by atoms with Crippen LogP contribution in [-0.4, -0.2) is 12.9 Å². The number of nitrogens with one attached hydrogen (secondary N) is 1. The van der Waals surface area contributed by atoms with E-state index in [-0.39, 0.29) is 0 Å². The smallest absolute Gasteiger partial charge is 0.132 e. The monoisotopic (exact) mass is 103 g/mol. The summed E-state index contributed by atoms with van der Waals surface area (Å²) in [5, 5.41) is 3.11. The quantitative estimate of drug-likeness (QED) is 0.165. The molecule has 0 radical (unpaired) electrons. The lowest BCUT2D eigenvalue weighted by atomic mass is 10.9. The predicted molar refractivity (Wildman–Crippen MR) is 27.4 cm³/mol. The molecule has 7 heavy (non-hydrogen) atoms. The summed E-state index contributed by atoms with van der Waals surface area (Å²) in [4.78, 5) is 4.59. The SMILES string of the molecule is CCON/C=N\N. The number of hydrogen-bond donors (Lipinski definition) is 2. The zero-order valence-corrected chi connectivity index (χ0v) is 4.22. The van der Waals surface area contributed by atoms with Gasteiger partial charge in [0.2, 0.25) is 0 Å². The van der Waals surface area contributed by atoms with Gasteiger partial charge < -0.3 is 5.84 Å². The number of hydroxylamine groups is 1. The number of rotatable bonds is 3. The van der Waals surface area contributed by atoms with Gasteiger partial charge in [0.05, 0.1) is 6.61 Å². The molecule has 0 saturated heterocycles. The summed E-state index contributed by atoms with van der Waals surface area (Å²) in [6.45, 7) is 2.46. The maximum absolute atomic E-state index is 4.70. The summed E-state index contributed by atoms with van der Waals surface area (Å²) < 4.78 is 0. The highest BCUT2D eigenvalue weighted by Crippen LogP contribution is 1.56. The van der Waals surface area contributed by atoms with Crippen LogP contribution in [0.25, 0.3) is 0 Å². The molecule has 0 atom stereocenters. The molecule has 0 aliphatic carbocycles. The van der Waals surface area contributed by atoms with E-state index in [4.69, 9.17) is 5.84 Å². The van der Waals surface area contributed by atoms with Gasteiger partial charge in [0.15, 0.2) is 0 Å². The van der Waals surface area contributed by atoms with Crippen LogP contribution in [0.2, 0.25) is 0 Å². The Morgan fingerprint density at radius 2 is 2.71 bits per heavy atom. The van der Waals surface area contributed by atoms with Crippen molar-refractivity contribution < 1.29 is 4.84 Å². The third-order valence-electron chi connectivity index (χ3n) is 0.355. The van der Waals surface area contributed by atoms with Gasteiger partial charge >= 0.3 is 0 Å². The first-order valence-electron chi connectivity index (χ1n) is 2.00. The first-order chi connectivity index (χ1) is 3.41. The summed E-state index contributed by atoms with van der Waals surface area (Å²) in [5.41, 5.74) is 2.37. The molecule has 0 aromatic rings. The first-order valence-corrected chi connectivity index (χ1v) is 2.00. The van der Waals surface area contributed by atoms with Gasteiger partial charge in [0, 0.05) is 0 Å². The fraction of sp³-hybridized carbons (Fsp3) is 0.667. The van der Waals surface area contributed by atoms with Crippen LogP contribution < -0.4 is 11.3 Å². The van der Waals surface area contributed by atoms with Gasteiger partial charge in [-0.3, -0.25) is 10.3 Å². The zero-order chi connectivity index (χ0) is 5.54. The Balaban J connectivity index is 2.69. The molecule has 0 bridgehead atoms. The molecular formula is C3H9N3O. The number of nitrogens with two attached hydrogens (primary N) is 1. The summed E-state index contributed by atoms with van der Waals surface area (Å²) in [7, 11) is 0. The van der Waals surface area contributed by atoms with E-state index in [0.717, 1.165) is 0 Å². The van der Waals surface area contributed by atoms with E-state index in [1.54, 1.807) is 0 Å². The third kappa shape index (κ3) is 5.23. The van der Waals surface area contributed by atoms with Crippen molar-refractivity contribution in [2.75, 3.05) is 6.61 Å². The Bertz CT molecular complexity index is 54.1. The summed E-state index contributed by atoms with van der Waals surface area (Å²) in [6.07, 6.45) is 1.27. The Kier molecular flexibility index (Phi) is 4.65. The molecule has 0 fully saturated rings. The van der Waals surface area contributed by atoms with Gasteiger partial charge in [0.1, 0.15) is 6.34 Å². The van der Waals surface area contributed by atoms with E-state index < -0.39 is 0 Å². The molecule has 4 heteroatoms. The van der Waals surface area contributed by atoms with Gasteiger partial charge in [-0.1, -0.05) is 0 Å². The molecule has 0 amide bonds. The van der Waals surface area contributed by atoms with Gasteiger partial charge in [-0.15, -0.1) is 0 Å². The number of hydrazone groups is 1. The molecule has 3 N–H and O–H groups in total. The lowest BCUT2D eigenvalue weighted by molar-refractivity contribution is 0.100. The van der Waals surface area contributed by atoms with Crippen molar-refractivity contribution in [1.29, 1.82) is 0 Å². The molecule has 0 aromatic heterocycles. The molecule has 0 heterocycles. The lowest BCUT2D eigenvalue weighted by Gasteiger charge is -1.92. The molecule has 0 saturated carbocycles. The molecule has 0 aromatic carbocycles. The highest BCUT2D eigenvalue weighted by Gasteiger charge is 1.67. The van der Waals surface area contributed by atoms with Crippen LogP contribution in [0, 0.1) is 0 Å². The second-order valence-electron chi connectivity index (χ2n) is 0.829. The van der Waals surface area contributed by atoms with Gasteiger partial charge in [-0.05, 0) is 6.92 Å². The minimum absolute atomic E-state index is 0.603. The van der Waals surface area contributed by atoms with Crippen LogP contribution in [0.3, 0.4) is 0 Å². The lowest BCUT2D eigenvalue weighted by Crippen LogP contribution is -2.12. The Hall–Kier alpha value is -0.770. The Morgan fingerprint density at radius 3 is 3.14 bits per heavy atom. The van der Waals surface area contributed by atoms with Crippen molar-refractivity contribution >= 4 is 6.34 Å². The topological polar surface area (TPSA) is 59.6 Å². The van der Waals surface area contributed by atoms with E-state index in [1.165, 1.54) is 6.34 Å². The van der Waals surface area contributed by atoms with Crippen molar-refractivity contribution in [2.24, 2.45) is 10.9 Å². The van der Waals surface area contributed by atoms with Gasteiger partial charge in [0.25, 0.3) is 0 Å². The summed E-state index contributed by atoms with van der Waals surface area (Å²) in [6, 6.07) is 0. The van der Waals surface area contributed by atoms with Crippen LogP contribution in [-0.2, 0) is 4.84 Å². The summed E-state index contributed by atoms with van der Waals surface area (Å²) >= 11 is 0.